The Kier molecular flexibility index (Phi) is 4.37. The summed E-state index contributed by atoms with van der Waals surface area (Å²) in [6.45, 7) is 19.8. The maximum atomic E-state index is 3.98. The molecule has 0 radical (unpaired) electrons. The van der Waals surface area contributed by atoms with Crippen LogP contribution in [-0.2, 0) is 0 Å². The molecule has 0 spiro atoms. The van der Waals surface area contributed by atoms with E-state index in [0.717, 1.165) is 0 Å². The van der Waals surface area contributed by atoms with Crippen LogP contribution in [0.25, 0.3) is 0 Å². The van der Waals surface area contributed by atoms with Crippen molar-refractivity contribution in [3.63, 3.8) is 0 Å². The first-order valence-electron chi connectivity index (χ1n) is 5.43. The molecule has 0 heterocycles. The minimum atomic E-state index is -1.63. The molecule has 0 rings (SSSR count). The van der Waals surface area contributed by atoms with Crippen molar-refractivity contribution in [1.82, 2.24) is 5.09 Å². The van der Waals surface area contributed by atoms with Gasteiger partial charge in [0.25, 0.3) is 0 Å². The van der Waals surface area contributed by atoms with Crippen LogP contribution in [-0.4, -0.2) is 15.0 Å². The van der Waals surface area contributed by atoms with E-state index in [9.17, 15) is 0 Å². The monoisotopic (exact) mass is 214 g/mol. The van der Waals surface area contributed by atoms with Gasteiger partial charge in [0, 0.05) is 6.72 Å². The summed E-state index contributed by atoms with van der Waals surface area (Å²) in [5.41, 5.74) is 1.32. The topological polar surface area (TPSA) is 24.4 Å². The standard InChI is InChI=1S/C11H26N2Si/c1-9(2)14(10(3)4,13-12-8)11(5,6)7/h9-10,13H,8H2,1-7H3. The van der Waals surface area contributed by atoms with E-state index in [1.807, 2.05) is 0 Å². The van der Waals surface area contributed by atoms with Gasteiger partial charge in [0.05, 0.1) is 0 Å². The van der Waals surface area contributed by atoms with E-state index < -0.39 is 8.24 Å². The van der Waals surface area contributed by atoms with Crippen LogP contribution in [0, 0.1) is 0 Å². The summed E-state index contributed by atoms with van der Waals surface area (Å²) in [5, 5.41) is 7.67. The number of rotatable bonds is 4. The molecular formula is C11H26N2Si. The summed E-state index contributed by atoms with van der Waals surface area (Å²) < 4.78 is 0. The quantitative estimate of drug-likeness (QED) is 0.430. The molecule has 0 atom stereocenters. The Balaban J connectivity index is 5.26. The van der Waals surface area contributed by atoms with Gasteiger partial charge in [0.2, 0.25) is 0 Å². The molecule has 0 saturated heterocycles. The molecule has 0 aromatic heterocycles. The predicted octanol–water partition coefficient (Wildman–Crippen LogP) is 3.76. The zero-order chi connectivity index (χ0) is 11.6. The smallest absolute Gasteiger partial charge is 0.184 e. The molecule has 0 saturated carbocycles. The van der Waals surface area contributed by atoms with Gasteiger partial charge in [-0.15, -0.1) is 0 Å². The van der Waals surface area contributed by atoms with Gasteiger partial charge in [0.15, 0.2) is 8.24 Å². The first-order valence-corrected chi connectivity index (χ1v) is 7.58. The number of hydrogen-bond donors (Lipinski definition) is 1. The summed E-state index contributed by atoms with van der Waals surface area (Å²) in [6.07, 6.45) is 0. The van der Waals surface area contributed by atoms with Crippen molar-refractivity contribution < 1.29 is 0 Å². The number of nitrogens with zero attached hydrogens (tertiary/aromatic N) is 1. The van der Waals surface area contributed by atoms with Crippen LogP contribution < -0.4 is 5.09 Å². The van der Waals surface area contributed by atoms with E-state index in [1.165, 1.54) is 0 Å². The van der Waals surface area contributed by atoms with E-state index in [2.05, 4.69) is 65.4 Å². The van der Waals surface area contributed by atoms with Crippen molar-refractivity contribution in [3.05, 3.63) is 0 Å². The molecule has 14 heavy (non-hydrogen) atoms. The maximum Gasteiger partial charge on any atom is 0.184 e. The molecule has 3 heteroatoms. The van der Waals surface area contributed by atoms with Crippen molar-refractivity contribution in [2.45, 2.75) is 64.6 Å². The van der Waals surface area contributed by atoms with Crippen LogP contribution in [0.1, 0.15) is 48.5 Å². The van der Waals surface area contributed by atoms with Gasteiger partial charge >= 0.3 is 0 Å². The Hall–Kier alpha value is -0.313. The normalized spacial score (nSPS) is 13.5. The first kappa shape index (κ1) is 13.7. The molecule has 0 amide bonds. The first-order chi connectivity index (χ1) is 6.20. The highest BCUT2D eigenvalue weighted by molar-refractivity contribution is 6.82. The van der Waals surface area contributed by atoms with Crippen molar-refractivity contribution in [3.8, 4) is 0 Å². The van der Waals surface area contributed by atoms with Crippen LogP contribution in [0.15, 0.2) is 5.10 Å². The second-order valence-electron chi connectivity index (χ2n) is 5.70. The second-order valence-corrected chi connectivity index (χ2v) is 11.5. The fraction of sp³-hybridized carbons (Fsp3) is 0.909. The minimum Gasteiger partial charge on any atom is -0.336 e. The lowest BCUT2D eigenvalue weighted by Gasteiger charge is -2.48. The Morgan fingerprint density at radius 2 is 1.43 bits per heavy atom. The lowest BCUT2D eigenvalue weighted by Crippen LogP contribution is -2.59. The van der Waals surface area contributed by atoms with E-state index >= 15 is 0 Å². The third kappa shape index (κ3) is 2.19. The highest BCUT2D eigenvalue weighted by Crippen LogP contribution is 2.47. The second kappa shape index (κ2) is 4.47. The van der Waals surface area contributed by atoms with Gasteiger partial charge in [-0.3, -0.25) is 0 Å². The zero-order valence-electron chi connectivity index (χ0n) is 10.8. The summed E-state index contributed by atoms with van der Waals surface area (Å²) >= 11 is 0. The highest BCUT2D eigenvalue weighted by atomic mass is 28.3. The van der Waals surface area contributed by atoms with Crippen molar-refractivity contribution in [2.75, 3.05) is 0 Å². The Labute approximate surface area is 90.3 Å². The molecule has 84 valence electrons. The number of hydrogen-bond acceptors (Lipinski definition) is 2. The van der Waals surface area contributed by atoms with Crippen LogP contribution in [0.4, 0.5) is 0 Å². The molecule has 0 unspecified atom stereocenters. The average Bonchev–Trinajstić information content (AvgIpc) is 1.95. The van der Waals surface area contributed by atoms with Crippen LogP contribution in [0.2, 0.25) is 16.1 Å². The molecule has 2 nitrogen and oxygen atoms in total. The third-order valence-corrected chi connectivity index (χ3v) is 9.98. The zero-order valence-corrected chi connectivity index (χ0v) is 11.8. The maximum absolute atomic E-state index is 3.98. The molecule has 0 aliphatic carbocycles. The lowest BCUT2D eigenvalue weighted by atomic mass is 10.2. The molecule has 0 fully saturated rings. The minimum absolute atomic E-state index is 0.302. The number of nitrogens with one attached hydrogen (secondary N) is 1. The van der Waals surface area contributed by atoms with E-state index in [0.29, 0.717) is 16.1 Å². The Morgan fingerprint density at radius 3 is 1.50 bits per heavy atom. The summed E-state index contributed by atoms with van der Waals surface area (Å²) in [5.74, 6) is 0. The Bertz CT molecular complexity index is 184. The molecule has 0 aliphatic rings. The largest absolute Gasteiger partial charge is 0.336 e. The Morgan fingerprint density at radius 1 is 1.07 bits per heavy atom. The van der Waals surface area contributed by atoms with E-state index in [-0.39, 0.29) is 0 Å². The summed E-state index contributed by atoms with van der Waals surface area (Å²) in [7, 11) is -1.63. The third-order valence-electron chi connectivity index (χ3n) is 3.33. The van der Waals surface area contributed by atoms with Crippen molar-refractivity contribution >= 4 is 15.0 Å². The lowest BCUT2D eigenvalue weighted by molar-refractivity contribution is 0.624. The molecular weight excluding hydrogens is 188 g/mol. The fourth-order valence-electron chi connectivity index (χ4n) is 2.96. The molecule has 0 aromatic carbocycles. The van der Waals surface area contributed by atoms with Gasteiger partial charge < -0.3 is 5.09 Å². The van der Waals surface area contributed by atoms with Crippen LogP contribution in [0.3, 0.4) is 0 Å². The molecule has 1 N–H and O–H groups in total. The van der Waals surface area contributed by atoms with E-state index in [4.69, 9.17) is 0 Å². The van der Waals surface area contributed by atoms with Gasteiger partial charge in [-0.1, -0.05) is 48.5 Å². The molecule has 0 bridgehead atoms. The fourth-order valence-corrected chi connectivity index (χ4v) is 8.87. The van der Waals surface area contributed by atoms with Crippen molar-refractivity contribution in [1.29, 1.82) is 0 Å². The van der Waals surface area contributed by atoms with Gasteiger partial charge in [-0.05, 0) is 16.1 Å². The summed E-state index contributed by atoms with van der Waals surface area (Å²) in [4.78, 5) is 0. The van der Waals surface area contributed by atoms with Crippen LogP contribution in [0.5, 0.6) is 0 Å². The van der Waals surface area contributed by atoms with Crippen LogP contribution >= 0.6 is 0 Å². The average molecular weight is 214 g/mol. The van der Waals surface area contributed by atoms with Gasteiger partial charge in [-0.2, -0.15) is 0 Å². The SMILES string of the molecule is C=NN[Si](C(C)C)(C(C)C)C(C)(C)C. The molecule has 0 aliphatic heterocycles. The van der Waals surface area contributed by atoms with Gasteiger partial charge in [-0.25, -0.2) is 5.10 Å². The highest BCUT2D eigenvalue weighted by Gasteiger charge is 2.50. The van der Waals surface area contributed by atoms with Gasteiger partial charge in [0.1, 0.15) is 0 Å². The van der Waals surface area contributed by atoms with E-state index in [1.54, 1.807) is 0 Å². The predicted molar refractivity (Wildman–Crippen MR) is 68.3 cm³/mol. The molecule has 0 aromatic rings. The summed E-state index contributed by atoms with van der Waals surface area (Å²) in [6, 6.07) is 0. The number of hydrazone groups is 1. The van der Waals surface area contributed by atoms with Crippen molar-refractivity contribution in [2.24, 2.45) is 5.10 Å².